The Kier molecular flexibility index (Phi) is 4.46. The van der Waals surface area contributed by atoms with E-state index < -0.39 is 11.7 Å². The molecule has 0 aliphatic carbocycles. The number of carbonyl (C=O) groups is 1. The van der Waals surface area contributed by atoms with E-state index in [1.54, 1.807) is 4.68 Å². The van der Waals surface area contributed by atoms with Gasteiger partial charge in [0.2, 0.25) is 0 Å². The van der Waals surface area contributed by atoms with Crippen LogP contribution in [-0.4, -0.2) is 26.6 Å². The van der Waals surface area contributed by atoms with Crippen molar-refractivity contribution < 1.29 is 14.6 Å². The van der Waals surface area contributed by atoms with E-state index in [4.69, 9.17) is 4.74 Å². The number of hydrogen-bond donors (Lipinski definition) is 2. The Bertz CT molecular complexity index is 895. The molecule has 130 valence electrons. The number of para-hydroxylation sites is 1. The van der Waals surface area contributed by atoms with Crippen molar-refractivity contribution in [2.75, 3.05) is 5.32 Å². The summed E-state index contributed by atoms with van der Waals surface area (Å²) < 4.78 is 7.01. The zero-order chi connectivity index (χ0) is 18.0. The number of nitrogens with one attached hydrogen (secondary N) is 1. The van der Waals surface area contributed by atoms with Crippen molar-refractivity contribution in [2.24, 2.45) is 0 Å². The molecule has 0 spiro atoms. The fourth-order valence-electron chi connectivity index (χ4n) is 2.57. The number of ether oxygens (including phenoxy) is 1. The average Bonchev–Trinajstić information content (AvgIpc) is 2.92. The molecule has 1 heterocycles. The van der Waals surface area contributed by atoms with Crippen LogP contribution in [0.1, 0.15) is 26.3 Å². The highest BCUT2D eigenvalue weighted by Crippen LogP contribution is 2.29. The summed E-state index contributed by atoms with van der Waals surface area (Å²) in [5.74, 6) is 0.505. The maximum absolute atomic E-state index is 12.3. The van der Waals surface area contributed by atoms with Gasteiger partial charge in [0.25, 0.3) is 0 Å². The summed E-state index contributed by atoms with van der Waals surface area (Å²) >= 11 is 0. The van der Waals surface area contributed by atoms with E-state index in [0.29, 0.717) is 16.9 Å². The van der Waals surface area contributed by atoms with Gasteiger partial charge in [0.15, 0.2) is 0 Å². The molecule has 6 nitrogen and oxygen atoms in total. The lowest BCUT2D eigenvalue weighted by Gasteiger charge is -2.20. The predicted octanol–water partition coefficient (Wildman–Crippen LogP) is 3.86. The summed E-state index contributed by atoms with van der Waals surface area (Å²) in [6.07, 6.45) is -0.555. The van der Waals surface area contributed by atoms with E-state index in [1.165, 1.54) is 0 Å². The smallest absolute Gasteiger partial charge is 0.413 e. The van der Waals surface area contributed by atoms with Crippen molar-refractivity contribution in [1.29, 1.82) is 0 Å². The van der Waals surface area contributed by atoms with Crippen molar-refractivity contribution in [3.8, 4) is 5.69 Å². The van der Waals surface area contributed by atoms with E-state index in [2.05, 4.69) is 10.4 Å². The summed E-state index contributed by atoms with van der Waals surface area (Å²) in [5, 5.41) is 17.7. The van der Waals surface area contributed by atoms with Crippen LogP contribution in [0.4, 0.5) is 10.6 Å². The summed E-state index contributed by atoms with van der Waals surface area (Å²) in [4.78, 5) is 12.3. The molecule has 3 rings (SSSR count). The van der Waals surface area contributed by atoms with Gasteiger partial charge < -0.3 is 9.84 Å². The van der Waals surface area contributed by atoms with Crippen molar-refractivity contribution in [3.05, 3.63) is 54.1 Å². The monoisotopic (exact) mass is 339 g/mol. The molecular formula is C19H21N3O3. The standard InChI is InChI=1S/C19H21N3O3/c1-19(2,3)25-18(24)20-17-15-11-7-8-13(12-23)16(15)21-22(17)14-9-5-4-6-10-14/h4-11,23H,12H2,1-3H3,(H,20,24). The highest BCUT2D eigenvalue weighted by molar-refractivity contribution is 5.99. The second kappa shape index (κ2) is 6.57. The molecule has 0 aliphatic heterocycles. The molecular weight excluding hydrogens is 318 g/mol. The van der Waals surface area contributed by atoms with E-state index in [0.717, 1.165) is 11.1 Å². The van der Waals surface area contributed by atoms with Gasteiger partial charge in [-0.2, -0.15) is 5.10 Å². The van der Waals surface area contributed by atoms with Gasteiger partial charge in [0.05, 0.1) is 12.3 Å². The molecule has 2 N–H and O–H groups in total. The van der Waals surface area contributed by atoms with Gasteiger partial charge in [-0.25, -0.2) is 9.48 Å². The number of benzene rings is 2. The summed E-state index contributed by atoms with van der Waals surface area (Å²) in [6, 6.07) is 15.0. The van der Waals surface area contributed by atoms with Gasteiger partial charge in [0.1, 0.15) is 16.9 Å². The van der Waals surface area contributed by atoms with Gasteiger partial charge in [-0.15, -0.1) is 0 Å². The van der Waals surface area contributed by atoms with Crippen LogP contribution in [0.5, 0.6) is 0 Å². The van der Waals surface area contributed by atoms with Gasteiger partial charge in [-0.3, -0.25) is 5.32 Å². The van der Waals surface area contributed by atoms with Gasteiger partial charge in [-0.1, -0.05) is 30.3 Å². The Morgan fingerprint density at radius 3 is 2.52 bits per heavy atom. The van der Waals surface area contributed by atoms with Crippen LogP contribution >= 0.6 is 0 Å². The third kappa shape index (κ3) is 3.64. The Balaban J connectivity index is 2.12. The number of fused-ring (bicyclic) bond motifs is 1. The third-order valence-electron chi connectivity index (χ3n) is 3.58. The fourth-order valence-corrected chi connectivity index (χ4v) is 2.57. The minimum atomic E-state index is -0.603. The minimum absolute atomic E-state index is 0.130. The Labute approximate surface area is 146 Å². The largest absolute Gasteiger partial charge is 0.444 e. The minimum Gasteiger partial charge on any atom is -0.444 e. The molecule has 0 atom stereocenters. The summed E-state index contributed by atoms with van der Waals surface area (Å²) in [6.45, 7) is 5.30. The first-order chi connectivity index (χ1) is 11.9. The molecule has 0 radical (unpaired) electrons. The SMILES string of the molecule is CC(C)(C)OC(=O)Nc1c2cccc(CO)c2nn1-c1ccccc1. The maximum Gasteiger partial charge on any atom is 0.413 e. The van der Waals surface area contributed by atoms with Crippen LogP contribution < -0.4 is 5.32 Å². The number of anilines is 1. The van der Waals surface area contributed by atoms with Crippen molar-refractivity contribution in [2.45, 2.75) is 33.0 Å². The molecule has 0 saturated carbocycles. The van der Waals surface area contributed by atoms with Crippen LogP contribution in [0.2, 0.25) is 0 Å². The molecule has 3 aromatic rings. The number of amides is 1. The molecule has 0 aliphatic rings. The van der Waals surface area contributed by atoms with E-state index in [1.807, 2.05) is 69.3 Å². The number of nitrogens with zero attached hydrogens (tertiary/aromatic N) is 2. The van der Waals surface area contributed by atoms with Crippen LogP contribution in [0.25, 0.3) is 16.6 Å². The van der Waals surface area contributed by atoms with Crippen LogP contribution in [0, 0.1) is 0 Å². The lowest BCUT2D eigenvalue weighted by molar-refractivity contribution is 0.0635. The van der Waals surface area contributed by atoms with E-state index in [-0.39, 0.29) is 6.61 Å². The van der Waals surface area contributed by atoms with Crippen molar-refractivity contribution >= 4 is 22.8 Å². The second-order valence-electron chi connectivity index (χ2n) is 6.69. The number of carbonyl (C=O) groups excluding carboxylic acids is 1. The summed E-state index contributed by atoms with van der Waals surface area (Å²) in [5.41, 5.74) is 1.53. The van der Waals surface area contributed by atoms with E-state index >= 15 is 0 Å². The number of hydrogen-bond acceptors (Lipinski definition) is 4. The lowest BCUT2D eigenvalue weighted by Crippen LogP contribution is -2.28. The molecule has 0 unspecified atom stereocenters. The van der Waals surface area contributed by atoms with Gasteiger partial charge in [-0.05, 0) is 39.0 Å². The second-order valence-corrected chi connectivity index (χ2v) is 6.69. The highest BCUT2D eigenvalue weighted by Gasteiger charge is 2.21. The molecule has 0 bridgehead atoms. The number of aliphatic hydroxyl groups is 1. The normalized spacial score (nSPS) is 11.5. The molecule has 1 aromatic heterocycles. The molecule has 1 amide bonds. The fraction of sp³-hybridized carbons (Fsp3) is 0.263. The average molecular weight is 339 g/mol. The molecule has 2 aromatic carbocycles. The Hall–Kier alpha value is -2.86. The number of aromatic nitrogens is 2. The molecule has 0 saturated heterocycles. The van der Waals surface area contributed by atoms with Gasteiger partial charge in [0, 0.05) is 10.9 Å². The lowest BCUT2D eigenvalue weighted by atomic mass is 10.1. The van der Waals surface area contributed by atoms with Crippen molar-refractivity contribution in [1.82, 2.24) is 9.78 Å². The molecule has 6 heteroatoms. The first kappa shape index (κ1) is 17.0. The Morgan fingerprint density at radius 1 is 1.16 bits per heavy atom. The predicted molar refractivity (Wildman–Crippen MR) is 96.8 cm³/mol. The van der Waals surface area contributed by atoms with Crippen LogP contribution in [0.15, 0.2) is 48.5 Å². The molecule has 25 heavy (non-hydrogen) atoms. The zero-order valence-electron chi connectivity index (χ0n) is 14.5. The molecule has 0 fully saturated rings. The number of rotatable bonds is 3. The van der Waals surface area contributed by atoms with Crippen LogP contribution in [0.3, 0.4) is 0 Å². The first-order valence-electron chi connectivity index (χ1n) is 8.06. The highest BCUT2D eigenvalue weighted by atomic mass is 16.6. The van der Waals surface area contributed by atoms with Gasteiger partial charge >= 0.3 is 6.09 Å². The topological polar surface area (TPSA) is 76.4 Å². The van der Waals surface area contributed by atoms with Crippen LogP contribution in [-0.2, 0) is 11.3 Å². The van der Waals surface area contributed by atoms with Crippen molar-refractivity contribution in [3.63, 3.8) is 0 Å². The first-order valence-corrected chi connectivity index (χ1v) is 8.06. The number of aliphatic hydroxyl groups excluding tert-OH is 1. The summed E-state index contributed by atoms with van der Waals surface area (Å²) in [7, 11) is 0. The zero-order valence-corrected chi connectivity index (χ0v) is 14.5. The maximum atomic E-state index is 12.3. The Morgan fingerprint density at radius 2 is 1.88 bits per heavy atom. The third-order valence-corrected chi connectivity index (χ3v) is 3.58. The quantitative estimate of drug-likeness (QED) is 0.759. The van der Waals surface area contributed by atoms with E-state index in [9.17, 15) is 9.90 Å².